The Balaban J connectivity index is 1.65. The van der Waals surface area contributed by atoms with Crippen LogP contribution in [0.4, 0.5) is 15.8 Å². The van der Waals surface area contributed by atoms with Crippen LogP contribution >= 0.6 is 23.8 Å². The fraction of sp³-hybridized carbons (Fsp3) is 0.188. The van der Waals surface area contributed by atoms with Crippen molar-refractivity contribution in [3.8, 4) is 0 Å². The van der Waals surface area contributed by atoms with Crippen LogP contribution in [0.3, 0.4) is 0 Å². The minimum atomic E-state index is -0.359. The SMILES string of the molecule is Cc1c(NC(=S)Nc2cnn(Cc3c(F)cccc3Cl)c2)cnn1C. The normalized spacial score (nSPS) is 10.7. The van der Waals surface area contributed by atoms with Gasteiger partial charge in [-0.1, -0.05) is 17.7 Å². The summed E-state index contributed by atoms with van der Waals surface area (Å²) in [4.78, 5) is 0. The maximum atomic E-state index is 13.9. The van der Waals surface area contributed by atoms with E-state index < -0.39 is 0 Å². The summed E-state index contributed by atoms with van der Waals surface area (Å²) in [6.45, 7) is 2.17. The molecule has 2 heterocycles. The van der Waals surface area contributed by atoms with Crippen molar-refractivity contribution in [3.63, 3.8) is 0 Å². The summed E-state index contributed by atoms with van der Waals surface area (Å²) < 4.78 is 17.2. The molecule has 0 atom stereocenters. The molecule has 0 aliphatic heterocycles. The van der Waals surface area contributed by atoms with Gasteiger partial charge in [0.2, 0.25) is 0 Å². The Morgan fingerprint density at radius 3 is 2.76 bits per heavy atom. The van der Waals surface area contributed by atoms with Crippen molar-refractivity contribution < 1.29 is 4.39 Å². The summed E-state index contributed by atoms with van der Waals surface area (Å²) in [5.74, 6) is -0.359. The summed E-state index contributed by atoms with van der Waals surface area (Å²) >= 11 is 11.3. The van der Waals surface area contributed by atoms with Crippen LogP contribution in [0.2, 0.25) is 5.02 Å². The smallest absolute Gasteiger partial charge is 0.175 e. The minimum absolute atomic E-state index is 0.231. The summed E-state index contributed by atoms with van der Waals surface area (Å²) in [6.07, 6.45) is 5.04. The number of thiocarbonyl (C=S) groups is 1. The molecule has 130 valence electrons. The Morgan fingerprint density at radius 1 is 1.28 bits per heavy atom. The van der Waals surface area contributed by atoms with Gasteiger partial charge in [0.15, 0.2) is 5.11 Å². The standard InChI is InChI=1S/C16H16ClFN6S/c1-10-15(7-19-23(10)2)22-16(25)21-11-6-20-24(8-11)9-12-13(17)4-3-5-14(12)18/h3-8H,9H2,1-2H3,(H2,21,22,25). The van der Waals surface area contributed by atoms with Crippen LogP contribution < -0.4 is 10.6 Å². The van der Waals surface area contributed by atoms with Crippen LogP contribution in [0.15, 0.2) is 36.8 Å². The van der Waals surface area contributed by atoms with Crippen molar-refractivity contribution in [2.45, 2.75) is 13.5 Å². The second kappa shape index (κ2) is 7.20. The van der Waals surface area contributed by atoms with Crippen molar-refractivity contribution in [1.82, 2.24) is 19.6 Å². The van der Waals surface area contributed by atoms with E-state index in [-0.39, 0.29) is 12.4 Å². The predicted octanol–water partition coefficient (Wildman–Crippen LogP) is 3.57. The Hall–Kier alpha value is -2.45. The van der Waals surface area contributed by atoms with Gasteiger partial charge in [0, 0.05) is 23.8 Å². The van der Waals surface area contributed by atoms with Crippen LogP contribution in [0, 0.1) is 12.7 Å². The molecule has 0 spiro atoms. The van der Waals surface area contributed by atoms with Crippen molar-refractivity contribution in [1.29, 1.82) is 0 Å². The third-order valence-corrected chi connectivity index (χ3v) is 4.31. The van der Waals surface area contributed by atoms with Gasteiger partial charge < -0.3 is 10.6 Å². The molecule has 1 aromatic carbocycles. The number of aromatic nitrogens is 4. The number of benzene rings is 1. The first-order valence-corrected chi connectivity index (χ1v) is 8.24. The lowest BCUT2D eigenvalue weighted by molar-refractivity contribution is 0.585. The number of rotatable bonds is 4. The summed E-state index contributed by atoms with van der Waals surface area (Å²) in [5, 5.41) is 15.2. The number of aryl methyl sites for hydroxylation is 1. The first kappa shape index (κ1) is 17.4. The van der Waals surface area contributed by atoms with Gasteiger partial charge in [-0.25, -0.2) is 4.39 Å². The predicted molar refractivity (Wildman–Crippen MR) is 101 cm³/mol. The summed E-state index contributed by atoms with van der Waals surface area (Å²) in [5.41, 5.74) is 2.87. The molecule has 9 heteroatoms. The third-order valence-electron chi connectivity index (χ3n) is 3.76. The second-order valence-electron chi connectivity index (χ2n) is 5.47. The van der Waals surface area contributed by atoms with Crippen LogP contribution in [-0.2, 0) is 13.6 Å². The fourth-order valence-electron chi connectivity index (χ4n) is 2.27. The largest absolute Gasteiger partial charge is 0.330 e. The number of halogens is 2. The Morgan fingerprint density at radius 2 is 2.08 bits per heavy atom. The zero-order valence-electron chi connectivity index (χ0n) is 13.6. The molecule has 0 unspecified atom stereocenters. The van der Waals surface area contributed by atoms with E-state index in [1.165, 1.54) is 6.07 Å². The second-order valence-corrected chi connectivity index (χ2v) is 6.29. The molecule has 2 N–H and O–H groups in total. The van der Waals surface area contributed by atoms with Gasteiger partial charge in [0.05, 0.1) is 36.0 Å². The Labute approximate surface area is 154 Å². The quantitative estimate of drug-likeness (QED) is 0.679. The number of nitrogens with zero attached hydrogens (tertiary/aromatic N) is 4. The summed E-state index contributed by atoms with van der Waals surface area (Å²) in [7, 11) is 1.86. The van der Waals surface area contributed by atoms with E-state index in [2.05, 4.69) is 20.8 Å². The Kier molecular flexibility index (Phi) is 5.00. The molecule has 3 rings (SSSR count). The molecule has 25 heavy (non-hydrogen) atoms. The van der Waals surface area contributed by atoms with Crippen LogP contribution in [0.25, 0.3) is 0 Å². The lowest BCUT2D eigenvalue weighted by Crippen LogP contribution is -2.19. The van der Waals surface area contributed by atoms with Gasteiger partial charge in [-0.15, -0.1) is 0 Å². The number of anilines is 2. The lowest BCUT2D eigenvalue weighted by atomic mass is 10.2. The monoisotopic (exact) mass is 378 g/mol. The topological polar surface area (TPSA) is 59.7 Å². The Bertz CT molecular complexity index is 899. The van der Waals surface area contributed by atoms with Crippen LogP contribution in [0.5, 0.6) is 0 Å². The molecule has 2 aromatic heterocycles. The summed E-state index contributed by atoms with van der Waals surface area (Å²) in [6, 6.07) is 4.60. The maximum Gasteiger partial charge on any atom is 0.175 e. The fourth-order valence-corrected chi connectivity index (χ4v) is 2.72. The van der Waals surface area contributed by atoms with Crippen LogP contribution in [-0.4, -0.2) is 24.7 Å². The first-order chi connectivity index (χ1) is 11.9. The number of hydrogen-bond acceptors (Lipinski definition) is 3. The van der Waals surface area contributed by atoms with E-state index in [4.69, 9.17) is 23.8 Å². The van der Waals surface area contributed by atoms with Gasteiger partial charge >= 0.3 is 0 Å². The molecule has 0 bridgehead atoms. The van der Waals surface area contributed by atoms with Gasteiger partial charge in [-0.05, 0) is 31.3 Å². The average Bonchev–Trinajstić information content (AvgIpc) is 3.12. The highest BCUT2D eigenvalue weighted by atomic mass is 35.5. The van der Waals surface area contributed by atoms with E-state index >= 15 is 0 Å². The van der Waals surface area contributed by atoms with E-state index in [0.717, 1.165) is 11.4 Å². The zero-order valence-corrected chi connectivity index (χ0v) is 15.2. The molecule has 3 aromatic rings. The molecule has 0 aliphatic carbocycles. The van der Waals surface area contributed by atoms with Gasteiger partial charge in [0.25, 0.3) is 0 Å². The van der Waals surface area contributed by atoms with Crippen molar-refractivity contribution >= 4 is 40.3 Å². The maximum absolute atomic E-state index is 13.9. The van der Waals surface area contributed by atoms with E-state index in [1.54, 1.807) is 40.1 Å². The lowest BCUT2D eigenvalue weighted by Gasteiger charge is -2.08. The van der Waals surface area contributed by atoms with Gasteiger partial charge in [-0.2, -0.15) is 10.2 Å². The molecule has 0 aliphatic rings. The third kappa shape index (κ3) is 3.97. The van der Waals surface area contributed by atoms with Crippen molar-refractivity contribution in [2.75, 3.05) is 10.6 Å². The highest BCUT2D eigenvalue weighted by molar-refractivity contribution is 7.80. The molecule has 6 nitrogen and oxygen atoms in total. The first-order valence-electron chi connectivity index (χ1n) is 7.46. The van der Waals surface area contributed by atoms with Gasteiger partial charge in [-0.3, -0.25) is 9.36 Å². The van der Waals surface area contributed by atoms with Crippen molar-refractivity contribution in [2.24, 2.45) is 7.05 Å². The van der Waals surface area contributed by atoms with E-state index in [0.29, 0.717) is 21.4 Å². The van der Waals surface area contributed by atoms with E-state index in [1.807, 2.05) is 14.0 Å². The molecule has 0 saturated heterocycles. The van der Waals surface area contributed by atoms with E-state index in [9.17, 15) is 4.39 Å². The zero-order chi connectivity index (χ0) is 18.0. The van der Waals surface area contributed by atoms with Crippen molar-refractivity contribution in [3.05, 3.63) is 58.9 Å². The average molecular weight is 379 g/mol. The molecule has 0 amide bonds. The molecular formula is C16H16ClFN6S. The number of nitrogens with one attached hydrogen (secondary N) is 2. The van der Waals surface area contributed by atoms with Crippen LogP contribution in [0.1, 0.15) is 11.3 Å². The number of hydrogen-bond donors (Lipinski definition) is 2. The highest BCUT2D eigenvalue weighted by Gasteiger charge is 2.10. The highest BCUT2D eigenvalue weighted by Crippen LogP contribution is 2.20. The molecule has 0 saturated carbocycles. The molecule has 0 fully saturated rings. The molecule has 0 radical (unpaired) electrons. The molecular weight excluding hydrogens is 363 g/mol. The van der Waals surface area contributed by atoms with Gasteiger partial charge in [0.1, 0.15) is 5.82 Å². The minimum Gasteiger partial charge on any atom is -0.330 e.